The van der Waals surface area contributed by atoms with Gasteiger partial charge in [-0.1, -0.05) is 96.6 Å². The van der Waals surface area contributed by atoms with Crippen molar-refractivity contribution in [3.8, 4) is 0 Å². The standard InChI is InChI=1S/C27H29N/c1-22-9-8-14-26(21-22)23-15-18-28(19-16-23)20-17-27(24-10-4-2-5-11-24)25-12-6-3-7-13-25/h2-15,21,27H,16-20H2,1H3. The summed E-state index contributed by atoms with van der Waals surface area (Å²) in [5.74, 6) is 0.463. The zero-order valence-corrected chi connectivity index (χ0v) is 16.7. The fraction of sp³-hybridized carbons (Fsp3) is 0.259. The average molecular weight is 368 g/mol. The minimum Gasteiger partial charge on any atom is -0.299 e. The highest BCUT2D eigenvalue weighted by Crippen LogP contribution is 2.29. The third-order valence-corrected chi connectivity index (χ3v) is 5.82. The van der Waals surface area contributed by atoms with E-state index in [1.54, 1.807) is 0 Å². The maximum Gasteiger partial charge on any atom is 0.0169 e. The van der Waals surface area contributed by atoms with E-state index in [0.717, 1.165) is 32.5 Å². The third-order valence-electron chi connectivity index (χ3n) is 5.82. The maximum atomic E-state index is 2.60. The fourth-order valence-electron chi connectivity index (χ4n) is 4.23. The Hall–Kier alpha value is -2.64. The maximum absolute atomic E-state index is 2.60. The minimum atomic E-state index is 0.463. The first-order chi connectivity index (χ1) is 13.8. The molecule has 4 rings (SSSR count). The molecule has 0 bridgehead atoms. The number of benzene rings is 3. The van der Waals surface area contributed by atoms with Crippen molar-refractivity contribution in [3.63, 3.8) is 0 Å². The molecule has 0 atom stereocenters. The van der Waals surface area contributed by atoms with Crippen molar-refractivity contribution >= 4 is 5.57 Å². The van der Waals surface area contributed by atoms with Gasteiger partial charge in [-0.2, -0.15) is 0 Å². The van der Waals surface area contributed by atoms with Gasteiger partial charge in [-0.15, -0.1) is 0 Å². The van der Waals surface area contributed by atoms with Crippen LogP contribution < -0.4 is 0 Å². The molecule has 0 spiro atoms. The Bertz CT molecular complexity index is 872. The lowest BCUT2D eigenvalue weighted by molar-refractivity contribution is 0.293. The highest BCUT2D eigenvalue weighted by Gasteiger charge is 2.18. The van der Waals surface area contributed by atoms with Gasteiger partial charge in [0.25, 0.3) is 0 Å². The second-order valence-corrected chi connectivity index (χ2v) is 7.81. The second-order valence-electron chi connectivity index (χ2n) is 7.81. The molecule has 1 heterocycles. The van der Waals surface area contributed by atoms with Gasteiger partial charge < -0.3 is 0 Å². The van der Waals surface area contributed by atoms with Gasteiger partial charge in [0.2, 0.25) is 0 Å². The molecule has 0 unspecified atom stereocenters. The van der Waals surface area contributed by atoms with Gasteiger partial charge in [0, 0.05) is 19.0 Å². The van der Waals surface area contributed by atoms with E-state index in [-0.39, 0.29) is 0 Å². The Morgan fingerprint density at radius 2 is 1.50 bits per heavy atom. The monoisotopic (exact) mass is 367 g/mol. The SMILES string of the molecule is Cc1cccc(C2=CCN(CCC(c3ccccc3)c3ccccc3)CC2)c1. The van der Waals surface area contributed by atoms with E-state index in [1.807, 2.05) is 0 Å². The molecule has 1 aliphatic heterocycles. The first-order valence-electron chi connectivity index (χ1n) is 10.4. The van der Waals surface area contributed by atoms with Crippen LogP contribution >= 0.6 is 0 Å². The Labute approximate surface area is 169 Å². The lowest BCUT2D eigenvalue weighted by Gasteiger charge is -2.28. The van der Waals surface area contributed by atoms with Crippen LogP contribution in [-0.2, 0) is 0 Å². The summed E-state index contributed by atoms with van der Waals surface area (Å²) in [7, 11) is 0. The number of nitrogens with zero attached hydrogens (tertiary/aromatic N) is 1. The molecule has 1 heteroatoms. The fourth-order valence-corrected chi connectivity index (χ4v) is 4.23. The zero-order chi connectivity index (χ0) is 19.2. The van der Waals surface area contributed by atoms with E-state index in [1.165, 1.54) is 27.8 Å². The van der Waals surface area contributed by atoms with E-state index < -0.39 is 0 Å². The lowest BCUT2D eigenvalue weighted by atomic mass is 9.88. The van der Waals surface area contributed by atoms with Crippen LogP contribution in [0.5, 0.6) is 0 Å². The van der Waals surface area contributed by atoms with Crippen LogP contribution in [0.3, 0.4) is 0 Å². The lowest BCUT2D eigenvalue weighted by Crippen LogP contribution is -2.30. The number of rotatable bonds is 6. The Morgan fingerprint density at radius 3 is 2.07 bits per heavy atom. The second kappa shape index (κ2) is 9.03. The highest BCUT2D eigenvalue weighted by molar-refractivity contribution is 5.67. The van der Waals surface area contributed by atoms with Crippen LogP contribution in [0.4, 0.5) is 0 Å². The van der Waals surface area contributed by atoms with Crippen LogP contribution in [0.15, 0.2) is 91.0 Å². The van der Waals surface area contributed by atoms with Crippen molar-refractivity contribution in [1.29, 1.82) is 0 Å². The summed E-state index contributed by atoms with van der Waals surface area (Å²) in [4.78, 5) is 2.60. The number of hydrogen-bond acceptors (Lipinski definition) is 1. The molecule has 0 radical (unpaired) electrons. The largest absolute Gasteiger partial charge is 0.299 e. The van der Waals surface area contributed by atoms with Crippen LogP contribution in [-0.4, -0.2) is 24.5 Å². The first-order valence-corrected chi connectivity index (χ1v) is 10.4. The van der Waals surface area contributed by atoms with Gasteiger partial charge in [0.05, 0.1) is 0 Å². The van der Waals surface area contributed by atoms with Gasteiger partial charge in [0.15, 0.2) is 0 Å². The zero-order valence-electron chi connectivity index (χ0n) is 16.7. The van der Waals surface area contributed by atoms with Crippen molar-refractivity contribution in [1.82, 2.24) is 4.90 Å². The molecule has 0 fully saturated rings. The molecule has 142 valence electrons. The van der Waals surface area contributed by atoms with Gasteiger partial charge in [-0.05, 0) is 48.6 Å². The Morgan fingerprint density at radius 1 is 0.821 bits per heavy atom. The topological polar surface area (TPSA) is 3.24 Å². The van der Waals surface area contributed by atoms with Crippen molar-refractivity contribution in [2.75, 3.05) is 19.6 Å². The summed E-state index contributed by atoms with van der Waals surface area (Å²) in [6, 6.07) is 30.8. The number of hydrogen-bond donors (Lipinski definition) is 0. The molecule has 3 aromatic carbocycles. The minimum absolute atomic E-state index is 0.463. The predicted octanol–water partition coefficient (Wildman–Crippen LogP) is 6.31. The van der Waals surface area contributed by atoms with Gasteiger partial charge in [-0.25, -0.2) is 0 Å². The molecule has 0 amide bonds. The van der Waals surface area contributed by atoms with E-state index >= 15 is 0 Å². The van der Waals surface area contributed by atoms with Crippen LogP contribution in [0, 0.1) is 6.92 Å². The van der Waals surface area contributed by atoms with Crippen molar-refractivity contribution in [2.24, 2.45) is 0 Å². The molecule has 3 aromatic rings. The molecule has 0 aliphatic carbocycles. The first kappa shape index (κ1) is 18.7. The van der Waals surface area contributed by atoms with Crippen molar-refractivity contribution in [3.05, 3.63) is 113 Å². The average Bonchev–Trinajstić information content (AvgIpc) is 2.76. The Balaban J connectivity index is 1.43. The Kier molecular flexibility index (Phi) is 6.04. The van der Waals surface area contributed by atoms with Gasteiger partial charge >= 0.3 is 0 Å². The normalized spacial score (nSPS) is 14.9. The summed E-state index contributed by atoms with van der Waals surface area (Å²) in [5.41, 5.74) is 7.08. The smallest absolute Gasteiger partial charge is 0.0169 e. The molecule has 0 saturated heterocycles. The van der Waals surface area contributed by atoms with Crippen molar-refractivity contribution < 1.29 is 0 Å². The molecular formula is C27H29N. The summed E-state index contributed by atoms with van der Waals surface area (Å²) in [6.45, 7) is 5.51. The summed E-state index contributed by atoms with van der Waals surface area (Å²) in [6.07, 6.45) is 4.73. The molecule has 0 N–H and O–H groups in total. The quantitative estimate of drug-likeness (QED) is 0.494. The highest BCUT2D eigenvalue weighted by atomic mass is 15.1. The molecule has 1 aliphatic rings. The van der Waals surface area contributed by atoms with Gasteiger partial charge in [0.1, 0.15) is 0 Å². The molecule has 0 saturated carbocycles. The van der Waals surface area contributed by atoms with Crippen LogP contribution in [0.25, 0.3) is 5.57 Å². The molecule has 0 aromatic heterocycles. The van der Waals surface area contributed by atoms with Crippen molar-refractivity contribution in [2.45, 2.75) is 25.7 Å². The van der Waals surface area contributed by atoms with Gasteiger partial charge in [-0.3, -0.25) is 4.90 Å². The van der Waals surface area contributed by atoms with Crippen LogP contribution in [0.1, 0.15) is 41.0 Å². The van der Waals surface area contributed by atoms with E-state index in [0.29, 0.717) is 5.92 Å². The molecule has 28 heavy (non-hydrogen) atoms. The number of aryl methyl sites for hydroxylation is 1. The summed E-state index contributed by atoms with van der Waals surface area (Å²) in [5, 5.41) is 0. The molecule has 1 nitrogen and oxygen atoms in total. The van der Waals surface area contributed by atoms with E-state index in [2.05, 4.69) is 103 Å². The van der Waals surface area contributed by atoms with E-state index in [4.69, 9.17) is 0 Å². The summed E-state index contributed by atoms with van der Waals surface area (Å²) < 4.78 is 0. The summed E-state index contributed by atoms with van der Waals surface area (Å²) >= 11 is 0. The predicted molar refractivity (Wildman–Crippen MR) is 120 cm³/mol. The third kappa shape index (κ3) is 4.61. The molecular weight excluding hydrogens is 338 g/mol. The van der Waals surface area contributed by atoms with Crippen LogP contribution in [0.2, 0.25) is 0 Å². The van der Waals surface area contributed by atoms with E-state index in [9.17, 15) is 0 Å².